The highest BCUT2D eigenvalue weighted by Crippen LogP contribution is 2.29. The molecule has 2 N–H and O–H groups in total. The number of ether oxygens (including phenoxy) is 1. The van der Waals surface area contributed by atoms with Crippen LogP contribution in [0.3, 0.4) is 0 Å². The van der Waals surface area contributed by atoms with Gasteiger partial charge in [0, 0.05) is 33.7 Å². The van der Waals surface area contributed by atoms with Crippen LogP contribution in [0.2, 0.25) is 0 Å². The molecule has 28 heavy (non-hydrogen) atoms. The smallest absolute Gasteiger partial charge is 0.255 e. The van der Waals surface area contributed by atoms with Crippen LogP contribution in [-0.4, -0.2) is 26.0 Å². The van der Waals surface area contributed by atoms with Crippen LogP contribution in [0.4, 0.5) is 5.69 Å². The van der Waals surface area contributed by atoms with Gasteiger partial charge in [-0.2, -0.15) is 0 Å². The lowest BCUT2D eigenvalue weighted by atomic mass is 10.2. The number of anilines is 1. The molecule has 3 aromatic carbocycles. The predicted octanol–water partition coefficient (Wildman–Crippen LogP) is 4.46. The van der Waals surface area contributed by atoms with E-state index in [0.717, 1.165) is 9.79 Å². The van der Waals surface area contributed by atoms with Crippen LogP contribution in [0.1, 0.15) is 20.7 Å². The number of nitrogens with one attached hydrogen (secondary N) is 2. The van der Waals surface area contributed by atoms with E-state index in [2.05, 4.69) is 10.6 Å². The van der Waals surface area contributed by atoms with Crippen LogP contribution >= 0.6 is 11.8 Å². The third-order valence-corrected chi connectivity index (χ3v) is 5.00. The van der Waals surface area contributed by atoms with Crippen molar-refractivity contribution >= 4 is 29.3 Å². The first-order valence-corrected chi connectivity index (χ1v) is 9.46. The normalized spacial score (nSPS) is 10.2. The number of carbonyl (C=O) groups excluding carboxylic acids is 2. The summed E-state index contributed by atoms with van der Waals surface area (Å²) >= 11 is 1.55. The van der Waals surface area contributed by atoms with Crippen molar-refractivity contribution in [2.24, 2.45) is 0 Å². The van der Waals surface area contributed by atoms with E-state index in [9.17, 15) is 9.59 Å². The van der Waals surface area contributed by atoms with Crippen molar-refractivity contribution in [3.05, 3.63) is 83.9 Å². The van der Waals surface area contributed by atoms with Gasteiger partial charge in [0.05, 0.1) is 7.11 Å². The number of amides is 2. The Balaban J connectivity index is 1.66. The first kappa shape index (κ1) is 19.5. The summed E-state index contributed by atoms with van der Waals surface area (Å²) in [5.41, 5.74) is 1.86. The molecule has 0 atom stereocenters. The summed E-state index contributed by atoms with van der Waals surface area (Å²) in [6.07, 6.45) is 0. The molecule has 0 aliphatic rings. The van der Waals surface area contributed by atoms with E-state index in [-0.39, 0.29) is 11.8 Å². The van der Waals surface area contributed by atoms with Gasteiger partial charge in [-0.25, -0.2) is 0 Å². The van der Waals surface area contributed by atoms with E-state index >= 15 is 0 Å². The zero-order valence-electron chi connectivity index (χ0n) is 15.6. The van der Waals surface area contributed by atoms with Crippen LogP contribution in [0.15, 0.2) is 82.6 Å². The van der Waals surface area contributed by atoms with E-state index in [1.807, 2.05) is 42.5 Å². The lowest BCUT2D eigenvalue weighted by Gasteiger charge is -2.08. The van der Waals surface area contributed by atoms with Crippen molar-refractivity contribution in [3.8, 4) is 5.75 Å². The highest BCUT2D eigenvalue weighted by Gasteiger charge is 2.08. The van der Waals surface area contributed by atoms with Gasteiger partial charge < -0.3 is 15.4 Å². The minimum absolute atomic E-state index is 0.113. The molecular weight excluding hydrogens is 372 g/mol. The highest BCUT2D eigenvalue weighted by atomic mass is 32.2. The lowest BCUT2D eigenvalue weighted by Crippen LogP contribution is -2.17. The van der Waals surface area contributed by atoms with Gasteiger partial charge in [-0.1, -0.05) is 23.9 Å². The van der Waals surface area contributed by atoms with E-state index in [1.54, 1.807) is 56.3 Å². The van der Waals surface area contributed by atoms with Gasteiger partial charge in [-0.15, -0.1) is 0 Å². The lowest BCUT2D eigenvalue weighted by molar-refractivity contribution is 0.0962. The third kappa shape index (κ3) is 4.92. The maximum atomic E-state index is 12.4. The second-order valence-electron chi connectivity index (χ2n) is 5.92. The number of methoxy groups -OCH3 is 1. The maximum absolute atomic E-state index is 12.4. The summed E-state index contributed by atoms with van der Waals surface area (Å²) in [7, 11) is 3.18. The Morgan fingerprint density at radius 2 is 1.50 bits per heavy atom. The molecule has 6 heteroatoms. The number of benzene rings is 3. The molecule has 0 aliphatic heterocycles. The van der Waals surface area contributed by atoms with Gasteiger partial charge >= 0.3 is 0 Å². The van der Waals surface area contributed by atoms with Crippen LogP contribution in [0.5, 0.6) is 5.75 Å². The minimum Gasteiger partial charge on any atom is -0.497 e. The average Bonchev–Trinajstić information content (AvgIpc) is 2.74. The van der Waals surface area contributed by atoms with Crippen molar-refractivity contribution < 1.29 is 14.3 Å². The Morgan fingerprint density at radius 3 is 2.18 bits per heavy atom. The fourth-order valence-electron chi connectivity index (χ4n) is 2.56. The molecule has 0 radical (unpaired) electrons. The number of rotatable bonds is 6. The predicted molar refractivity (Wildman–Crippen MR) is 111 cm³/mol. The SMILES string of the molecule is CNC(=O)c1cccc(Sc2ccc(NC(=O)c3cccc(OC)c3)cc2)c1. The maximum Gasteiger partial charge on any atom is 0.255 e. The van der Waals surface area contributed by atoms with Crippen molar-refractivity contribution in [1.82, 2.24) is 5.32 Å². The summed E-state index contributed by atoms with van der Waals surface area (Å²) in [6.45, 7) is 0. The van der Waals surface area contributed by atoms with Crippen LogP contribution < -0.4 is 15.4 Å². The van der Waals surface area contributed by atoms with Gasteiger partial charge in [0.25, 0.3) is 11.8 Å². The molecule has 0 spiro atoms. The van der Waals surface area contributed by atoms with Crippen LogP contribution in [0, 0.1) is 0 Å². The molecule has 2 amide bonds. The molecule has 0 heterocycles. The Kier molecular flexibility index (Phi) is 6.34. The standard InChI is InChI=1S/C22H20N2O3S/c1-23-21(25)16-6-4-8-20(14-16)28-19-11-9-17(10-12-19)24-22(26)15-5-3-7-18(13-15)27-2/h3-14H,1-2H3,(H,23,25)(H,24,26). The van der Waals surface area contributed by atoms with Gasteiger partial charge in [0.15, 0.2) is 0 Å². The summed E-state index contributed by atoms with van der Waals surface area (Å²) in [5.74, 6) is 0.328. The zero-order valence-corrected chi connectivity index (χ0v) is 16.4. The number of hydrogen-bond donors (Lipinski definition) is 2. The monoisotopic (exact) mass is 392 g/mol. The van der Waals surface area contributed by atoms with Crippen molar-refractivity contribution in [2.45, 2.75) is 9.79 Å². The summed E-state index contributed by atoms with van der Waals surface area (Å²) in [6, 6.07) is 22.0. The molecule has 0 aromatic heterocycles. The molecule has 0 saturated heterocycles. The fraction of sp³-hybridized carbons (Fsp3) is 0.0909. The molecule has 0 fully saturated rings. The fourth-order valence-corrected chi connectivity index (χ4v) is 3.43. The van der Waals surface area contributed by atoms with Gasteiger partial charge in [0.1, 0.15) is 5.75 Å². The Morgan fingerprint density at radius 1 is 0.821 bits per heavy atom. The first-order valence-electron chi connectivity index (χ1n) is 8.64. The first-order chi connectivity index (χ1) is 13.6. The van der Waals surface area contributed by atoms with Crippen LogP contribution in [0.25, 0.3) is 0 Å². The molecule has 142 valence electrons. The van der Waals surface area contributed by atoms with Crippen molar-refractivity contribution in [1.29, 1.82) is 0 Å². The second kappa shape index (κ2) is 9.10. The average molecular weight is 392 g/mol. The molecule has 0 aliphatic carbocycles. The van der Waals surface area contributed by atoms with E-state index in [0.29, 0.717) is 22.6 Å². The summed E-state index contributed by atoms with van der Waals surface area (Å²) < 4.78 is 5.15. The largest absolute Gasteiger partial charge is 0.497 e. The molecule has 0 unspecified atom stereocenters. The Hall–Kier alpha value is -3.25. The molecule has 5 nitrogen and oxygen atoms in total. The van der Waals surface area contributed by atoms with Gasteiger partial charge in [-0.05, 0) is 60.7 Å². The van der Waals surface area contributed by atoms with E-state index in [4.69, 9.17) is 4.74 Å². The number of carbonyl (C=O) groups is 2. The molecule has 0 bridgehead atoms. The zero-order chi connectivity index (χ0) is 19.9. The van der Waals surface area contributed by atoms with Gasteiger partial charge in [0.2, 0.25) is 0 Å². The third-order valence-electron chi connectivity index (χ3n) is 4.00. The van der Waals surface area contributed by atoms with Gasteiger partial charge in [-0.3, -0.25) is 9.59 Å². The summed E-state index contributed by atoms with van der Waals surface area (Å²) in [4.78, 5) is 26.1. The minimum atomic E-state index is -0.197. The molecule has 0 saturated carbocycles. The quantitative estimate of drug-likeness (QED) is 0.650. The second-order valence-corrected chi connectivity index (χ2v) is 7.07. The molecule has 3 rings (SSSR count). The van der Waals surface area contributed by atoms with E-state index < -0.39 is 0 Å². The van der Waals surface area contributed by atoms with Crippen LogP contribution in [-0.2, 0) is 0 Å². The highest BCUT2D eigenvalue weighted by molar-refractivity contribution is 7.99. The Labute approximate surface area is 168 Å². The number of hydrogen-bond acceptors (Lipinski definition) is 4. The van der Waals surface area contributed by atoms with Crippen molar-refractivity contribution in [2.75, 3.05) is 19.5 Å². The topological polar surface area (TPSA) is 67.4 Å². The molecule has 3 aromatic rings. The van der Waals surface area contributed by atoms with E-state index in [1.165, 1.54) is 0 Å². The summed E-state index contributed by atoms with van der Waals surface area (Å²) in [5, 5.41) is 5.50. The molecular formula is C22H20N2O3S. The van der Waals surface area contributed by atoms with Crippen molar-refractivity contribution in [3.63, 3.8) is 0 Å². The Bertz CT molecular complexity index is 987.